The van der Waals surface area contributed by atoms with Crippen molar-refractivity contribution in [1.82, 2.24) is 5.32 Å². The molecule has 1 saturated carbocycles. The topological polar surface area (TPSA) is 41.5 Å². The Labute approximate surface area is 106 Å². The quantitative estimate of drug-likeness (QED) is 0.721. The first-order valence-corrected chi connectivity index (χ1v) is 6.96. The molecule has 1 aliphatic carbocycles. The molecular weight excluding hydrogens is 214 g/mol. The zero-order chi connectivity index (χ0) is 12.9. The number of aliphatic hydroxyl groups excluding tert-OH is 1. The molecule has 0 amide bonds. The number of rotatable bonds is 7. The maximum absolute atomic E-state index is 8.93. The van der Waals surface area contributed by atoms with Crippen molar-refractivity contribution < 1.29 is 9.84 Å². The van der Waals surface area contributed by atoms with Crippen molar-refractivity contribution in [2.24, 2.45) is 5.92 Å². The van der Waals surface area contributed by atoms with E-state index in [2.05, 4.69) is 33.0 Å². The molecule has 0 spiro atoms. The van der Waals surface area contributed by atoms with Gasteiger partial charge in [0, 0.05) is 12.6 Å². The molecule has 3 heteroatoms. The zero-order valence-corrected chi connectivity index (χ0v) is 11.8. The lowest BCUT2D eigenvalue weighted by molar-refractivity contribution is -0.102. The minimum Gasteiger partial charge on any atom is -0.396 e. The van der Waals surface area contributed by atoms with Gasteiger partial charge in [-0.05, 0) is 52.5 Å². The van der Waals surface area contributed by atoms with Crippen LogP contribution in [0.15, 0.2) is 0 Å². The van der Waals surface area contributed by atoms with Crippen LogP contribution in [0.25, 0.3) is 0 Å². The monoisotopic (exact) mass is 243 g/mol. The van der Waals surface area contributed by atoms with Gasteiger partial charge in [0.15, 0.2) is 0 Å². The summed E-state index contributed by atoms with van der Waals surface area (Å²) in [4.78, 5) is 0. The minimum absolute atomic E-state index is 0.0154. The highest BCUT2D eigenvalue weighted by Gasteiger charge is 2.32. The number of hydrogen-bond donors (Lipinski definition) is 2. The summed E-state index contributed by atoms with van der Waals surface area (Å²) in [5.74, 6) is 0.614. The molecule has 3 nitrogen and oxygen atoms in total. The molecule has 0 aromatic heterocycles. The molecule has 0 radical (unpaired) electrons. The summed E-state index contributed by atoms with van der Waals surface area (Å²) in [7, 11) is 0. The Morgan fingerprint density at radius 2 is 2.00 bits per heavy atom. The summed E-state index contributed by atoms with van der Waals surface area (Å²) >= 11 is 0. The Morgan fingerprint density at radius 3 is 2.47 bits per heavy atom. The molecule has 1 unspecified atom stereocenters. The highest BCUT2D eigenvalue weighted by atomic mass is 16.5. The lowest BCUT2D eigenvalue weighted by atomic mass is 9.88. The van der Waals surface area contributed by atoms with E-state index in [9.17, 15) is 0 Å². The predicted octanol–water partition coefficient (Wildman–Crippen LogP) is 2.33. The molecule has 102 valence electrons. The van der Waals surface area contributed by atoms with Gasteiger partial charge < -0.3 is 15.2 Å². The molecule has 0 aliphatic heterocycles. The van der Waals surface area contributed by atoms with E-state index in [1.54, 1.807) is 0 Å². The smallest absolute Gasteiger partial charge is 0.0612 e. The largest absolute Gasteiger partial charge is 0.396 e. The van der Waals surface area contributed by atoms with Crippen LogP contribution in [0, 0.1) is 5.92 Å². The van der Waals surface area contributed by atoms with Gasteiger partial charge in [-0.2, -0.15) is 0 Å². The van der Waals surface area contributed by atoms with Crippen LogP contribution in [0.1, 0.15) is 53.4 Å². The number of hydrogen-bond acceptors (Lipinski definition) is 3. The molecule has 1 aliphatic rings. The summed E-state index contributed by atoms with van der Waals surface area (Å²) in [5.41, 5.74) is -0.0154. The first-order valence-electron chi connectivity index (χ1n) is 6.96. The van der Waals surface area contributed by atoms with E-state index in [0.29, 0.717) is 24.7 Å². The first-order chi connectivity index (χ1) is 7.94. The van der Waals surface area contributed by atoms with E-state index >= 15 is 0 Å². The van der Waals surface area contributed by atoms with Crippen LogP contribution in [0.3, 0.4) is 0 Å². The van der Waals surface area contributed by atoms with Crippen molar-refractivity contribution in [1.29, 1.82) is 0 Å². The Bertz CT molecular complexity index is 207. The predicted molar refractivity (Wildman–Crippen MR) is 71.1 cm³/mol. The molecule has 2 N–H and O–H groups in total. The van der Waals surface area contributed by atoms with Gasteiger partial charge in [0.2, 0.25) is 0 Å². The van der Waals surface area contributed by atoms with E-state index in [1.807, 2.05) is 0 Å². The van der Waals surface area contributed by atoms with Gasteiger partial charge in [-0.3, -0.25) is 0 Å². The SMILES string of the molecule is CCC(CCO)CNC1CC(OC(C)(C)C)C1. The maximum atomic E-state index is 8.93. The molecule has 17 heavy (non-hydrogen) atoms. The summed E-state index contributed by atoms with van der Waals surface area (Å²) in [6.07, 6.45) is 4.76. The Kier molecular flexibility index (Phi) is 5.90. The van der Waals surface area contributed by atoms with Crippen LogP contribution < -0.4 is 5.32 Å². The van der Waals surface area contributed by atoms with Crippen LogP contribution in [-0.2, 0) is 4.74 Å². The highest BCUT2D eigenvalue weighted by molar-refractivity contribution is 4.87. The number of nitrogens with one attached hydrogen (secondary N) is 1. The van der Waals surface area contributed by atoms with Gasteiger partial charge in [-0.1, -0.05) is 13.3 Å². The van der Waals surface area contributed by atoms with Crippen molar-refractivity contribution in [3.05, 3.63) is 0 Å². The second-order valence-electron chi connectivity index (χ2n) is 6.22. The molecule has 0 aromatic rings. The average Bonchev–Trinajstić information content (AvgIpc) is 2.17. The van der Waals surface area contributed by atoms with Gasteiger partial charge in [0.25, 0.3) is 0 Å². The van der Waals surface area contributed by atoms with Crippen LogP contribution in [0.2, 0.25) is 0 Å². The summed E-state index contributed by atoms with van der Waals surface area (Å²) in [6.45, 7) is 9.87. The van der Waals surface area contributed by atoms with Crippen molar-refractivity contribution in [3.8, 4) is 0 Å². The van der Waals surface area contributed by atoms with Gasteiger partial charge in [0.1, 0.15) is 0 Å². The lowest BCUT2D eigenvalue weighted by Crippen LogP contribution is -2.48. The summed E-state index contributed by atoms with van der Waals surface area (Å²) < 4.78 is 5.90. The van der Waals surface area contributed by atoms with Crippen LogP contribution in [0.4, 0.5) is 0 Å². The second-order valence-corrected chi connectivity index (χ2v) is 6.22. The molecular formula is C14H29NO2. The van der Waals surface area contributed by atoms with E-state index in [0.717, 1.165) is 32.2 Å². The summed E-state index contributed by atoms with van der Waals surface area (Å²) in [5, 5.41) is 12.5. The van der Waals surface area contributed by atoms with Gasteiger partial charge >= 0.3 is 0 Å². The fraction of sp³-hybridized carbons (Fsp3) is 1.00. The molecule has 0 saturated heterocycles. The molecule has 0 bridgehead atoms. The average molecular weight is 243 g/mol. The van der Waals surface area contributed by atoms with Crippen LogP contribution >= 0.6 is 0 Å². The molecule has 1 fully saturated rings. The fourth-order valence-corrected chi connectivity index (χ4v) is 2.29. The minimum atomic E-state index is -0.0154. The third kappa shape index (κ3) is 5.84. The second kappa shape index (κ2) is 6.72. The Balaban J connectivity index is 2.09. The van der Waals surface area contributed by atoms with Crippen molar-refractivity contribution in [2.45, 2.75) is 71.1 Å². The van der Waals surface area contributed by atoms with E-state index in [4.69, 9.17) is 9.84 Å². The normalized spacial score (nSPS) is 26.6. The first kappa shape index (κ1) is 14.9. The van der Waals surface area contributed by atoms with E-state index in [-0.39, 0.29) is 5.60 Å². The van der Waals surface area contributed by atoms with Crippen molar-refractivity contribution in [3.63, 3.8) is 0 Å². The molecule has 1 atom stereocenters. The van der Waals surface area contributed by atoms with E-state index < -0.39 is 0 Å². The van der Waals surface area contributed by atoms with Gasteiger partial charge in [-0.25, -0.2) is 0 Å². The Hall–Kier alpha value is -0.120. The number of ether oxygens (including phenoxy) is 1. The molecule has 0 aromatic carbocycles. The Morgan fingerprint density at radius 1 is 1.35 bits per heavy atom. The van der Waals surface area contributed by atoms with Gasteiger partial charge in [-0.15, -0.1) is 0 Å². The van der Waals surface area contributed by atoms with Crippen molar-refractivity contribution >= 4 is 0 Å². The van der Waals surface area contributed by atoms with Gasteiger partial charge in [0.05, 0.1) is 11.7 Å². The van der Waals surface area contributed by atoms with Crippen LogP contribution in [-0.4, -0.2) is 36.0 Å². The standard InChI is InChI=1S/C14H29NO2/c1-5-11(6-7-16)10-15-12-8-13(9-12)17-14(2,3)4/h11-13,15-16H,5-10H2,1-4H3. The fourth-order valence-electron chi connectivity index (χ4n) is 2.29. The van der Waals surface area contributed by atoms with Crippen LogP contribution in [0.5, 0.6) is 0 Å². The third-order valence-electron chi connectivity index (χ3n) is 3.42. The summed E-state index contributed by atoms with van der Waals surface area (Å²) in [6, 6.07) is 0.620. The lowest BCUT2D eigenvalue weighted by Gasteiger charge is -2.40. The maximum Gasteiger partial charge on any atom is 0.0612 e. The molecule has 0 heterocycles. The van der Waals surface area contributed by atoms with Crippen molar-refractivity contribution in [2.75, 3.05) is 13.2 Å². The third-order valence-corrected chi connectivity index (χ3v) is 3.42. The molecule has 1 rings (SSSR count). The zero-order valence-electron chi connectivity index (χ0n) is 11.8. The highest BCUT2D eigenvalue weighted by Crippen LogP contribution is 2.27. The van der Waals surface area contributed by atoms with E-state index in [1.165, 1.54) is 0 Å². The number of aliphatic hydroxyl groups is 1.